The minimum absolute atomic E-state index is 0.0233. The average molecular weight is 266 g/mol. The molecule has 17 heavy (non-hydrogen) atoms. The first-order valence-electron chi connectivity index (χ1n) is 4.67. The molecule has 5 nitrogen and oxygen atoms in total. The minimum Gasteiger partial charge on any atom is -0.382 e. The predicted octanol–water partition coefficient (Wildman–Crippen LogP) is 1.33. The molecule has 1 fully saturated rings. The summed E-state index contributed by atoms with van der Waals surface area (Å²) < 4.78 is 41.7. The van der Waals surface area contributed by atoms with Crippen LogP contribution in [0.5, 0.6) is 0 Å². The topological polar surface area (TPSA) is 94.0 Å². The van der Waals surface area contributed by atoms with Crippen molar-refractivity contribution in [3.63, 3.8) is 0 Å². The highest BCUT2D eigenvalue weighted by Gasteiger charge is 2.64. The van der Waals surface area contributed by atoms with Crippen molar-refractivity contribution in [1.29, 1.82) is 0 Å². The Morgan fingerprint density at radius 2 is 2.06 bits per heavy atom. The summed E-state index contributed by atoms with van der Waals surface area (Å²) in [5.41, 5.74) is 8.26. The molecular weight excluding hydrogens is 257 g/mol. The highest BCUT2D eigenvalue weighted by molar-refractivity contribution is 7.11. The molecule has 0 aliphatic heterocycles. The first-order chi connectivity index (χ1) is 7.77. The molecule has 0 aromatic carbocycles. The van der Waals surface area contributed by atoms with Gasteiger partial charge in [0.25, 0.3) is 5.91 Å². The number of hydrogen-bond donors (Lipinski definition) is 3. The molecule has 0 atom stereocenters. The predicted molar refractivity (Wildman–Crippen MR) is 56.7 cm³/mol. The lowest BCUT2D eigenvalue weighted by atomic mass is 10.2. The van der Waals surface area contributed by atoms with Crippen LogP contribution < -0.4 is 16.8 Å². The SMILES string of the molecule is NC(=O)c1c(N)nsc1NC1(C(F)(F)F)CC1. The maximum absolute atomic E-state index is 12.7. The maximum atomic E-state index is 12.7. The van der Waals surface area contributed by atoms with Gasteiger partial charge in [0.05, 0.1) is 0 Å². The van der Waals surface area contributed by atoms with E-state index in [1.807, 2.05) is 0 Å². The lowest BCUT2D eigenvalue weighted by Crippen LogP contribution is -2.38. The summed E-state index contributed by atoms with van der Waals surface area (Å²) in [6.45, 7) is 0. The van der Waals surface area contributed by atoms with E-state index in [0.717, 1.165) is 0 Å². The van der Waals surface area contributed by atoms with Crippen molar-refractivity contribution in [2.45, 2.75) is 24.6 Å². The second-order valence-corrected chi connectivity index (χ2v) is 4.61. The summed E-state index contributed by atoms with van der Waals surface area (Å²) in [6, 6.07) is 0. The number of aromatic nitrogens is 1. The molecule has 9 heteroatoms. The zero-order valence-corrected chi connectivity index (χ0v) is 9.28. The van der Waals surface area contributed by atoms with Crippen molar-refractivity contribution < 1.29 is 18.0 Å². The van der Waals surface area contributed by atoms with Gasteiger partial charge < -0.3 is 16.8 Å². The molecule has 94 valence electrons. The van der Waals surface area contributed by atoms with E-state index in [9.17, 15) is 18.0 Å². The molecule has 1 aromatic rings. The number of nitrogens with one attached hydrogen (secondary N) is 1. The van der Waals surface area contributed by atoms with E-state index in [0.29, 0.717) is 11.5 Å². The van der Waals surface area contributed by atoms with Gasteiger partial charge in [-0.1, -0.05) is 0 Å². The molecule has 1 aliphatic carbocycles. The van der Waals surface area contributed by atoms with Gasteiger partial charge in [0.2, 0.25) is 0 Å². The lowest BCUT2D eigenvalue weighted by molar-refractivity contribution is -0.151. The van der Waals surface area contributed by atoms with Gasteiger partial charge in [-0.25, -0.2) is 0 Å². The summed E-state index contributed by atoms with van der Waals surface area (Å²) in [4.78, 5) is 11.0. The molecular formula is C8H9F3N4OS. The van der Waals surface area contributed by atoms with Crippen molar-refractivity contribution >= 4 is 28.3 Å². The van der Waals surface area contributed by atoms with Crippen LogP contribution in [0.25, 0.3) is 0 Å². The van der Waals surface area contributed by atoms with Crippen LogP contribution in [0.4, 0.5) is 24.0 Å². The quantitative estimate of drug-likeness (QED) is 0.769. The van der Waals surface area contributed by atoms with Crippen molar-refractivity contribution in [3.05, 3.63) is 5.56 Å². The van der Waals surface area contributed by atoms with E-state index in [1.165, 1.54) is 0 Å². The van der Waals surface area contributed by atoms with E-state index in [2.05, 4.69) is 9.69 Å². The fraction of sp³-hybridized carbons (Fsp3) is 0.500. The summed E-state index contributed by atoms with van der Waals surface area (Å²) in [5.74, 6) is -1.04. The third-order valence-electron chi connectivity index (χ3n) is 2.61. The number of carbonyl (C=O) groups is 1. The Kier molecular flexibility index (Phi) is 2.45. The van der Waals surface area contributed by atoms with Crippen molar-refractivity contribution in [3.8, 4) is 0 Å². The number of rotatable bonds is 3. The largest absolute Gasteiger partial charge is 0.411 e. The molecule has 0 unspecified atom stereocenters. The van der Waals surface area contributed by atoms with Crippen LogP contribution in [0.15, 0.2) is 0 Å². The molecule has 0 bridgehead atoms. The first-order valence-corrected chi connectivity index (χ1v) is 5.44. The van der Waals surface area contributed by atoms with Gasteiger partial charge in [-0.3, -0.25) is 4.79 Å². The molecule has 1 amide bonds. The van der Waals surface area contributed by atoms with Gasteiger partial charge in [0.1, 0.15) is 16.1 Å². The standard InChI is InChI=1S/C8H9F3N4OS/c9-8(10,11)7(1-2-7)14-6-3(5(13)16)4(12)15-17-6/h14H,1-2H2,(H2,12,15)(H2,13,16). The van der Waals surface area contributed by atoms with E-state index < -0.39 is 17.6 Å². The van der Waals surface area contributed by atoms with Gasteiger partial charge in [0.15, 0.2) is 5.82 Å². The fourth-order valence-corrected chi connectivity index (χ4v) is 2.27. The molecule has 1 aliphatic rings. The zero-order valence-electron chi connectivity index (χ0n) is 8.47. The Hall–Kier alpha value is -1.51. The van der Waals surface area contributed by atoms with Crippen LogP contribution in [0.3, 0.4) is 0 Å². The molecule has 1 aromatic heterocycles. The molecule has 1 saturated carbocycles. The van der Waals surface area contributed by atoms with E-state index in [-0.39, 0.29) is 29.2 Å². The Morgan fingerprint density at radius 3 is 2.47 bits per heavy atom. The van der Waals surface area contributed by atoms with Crippen LogP contribution in [0.1, 0.15) is 23.2 Å². The Morgan fingerprint density at radius 1 is 1.47 bits per heavy atom. The highest BCUT2D eigenvalue weighted by Crippen LogP contribution is 2.52. The van der Waals surface area contributed by atoms with E-state index in [1.54, 1.807) is 0 Å². The van der Waals surface area contributed by atoms with Crippen LogP contribution in [0.2, 0.25) is 0 Å². The van der Waals surface area contributed by atoms with Gasteiger partial charge in [0, 0.05) is 0 Å². The number of amides is 1. The smallest absolute Gasteiger partial charge is 0.382 e. The first kappa shape index (κ1) is 12.0. The van der Waals surface area contributed by atoms with Gasteiger partial charge in [-0.05, 0) is 24.4 Å². The van der Waals surface area contributed by atoms with E-state index in [4.69, 9.17) is 11.5 Å². The fourth-order valence-electron chi connectivity index (χ4n) is 1.45. The second kappa shape index (κ2) is 3.49. The Labute approximate surface area is 98.1 Å². The van der Waals surface area contributed by atoms with Crippen LogP contribution in [0, 0.1) is 0 Å². The normalized spacial score (nSPS) is 17.8. The number of primary amides is 1. The lowest BCUT2D eigenvalue weighted by Gasteiger charge is -2.20. The van der Waals surface area contributed by atoms with E-state index >= 15 is 0 Å². The summed E-state index contributed by atoms with van der Waals surface area (Å²) in [7, 11) is 0. The third kappa shape index (κ3) is 1.90. The van der Waals surface area contributed by atoms with Crippen molar-refractivity contribution in [1.82, 2.24) is 4.37 Å². The number of halogens is 3. The summed E-state index contributed by atoms with van der Waals surface area (Å²) >= 11 is 0.701. The summed E-state index contributed by atoms with van der Waals surface area (Å²) in [6.07, 6.45) is -4.44. The number of nitrogen functional groups attached to an aromatic ring is 1. The molecule has 1 heterocycles. The number of carbonyl (C=O) groups excluding carboxylic acids is 1. The van der Waals surface area contributed by atoms with Gasteiger partial charge in [-0.15, -0.1) is 0 Å². The number of hydrogen-bond acceptors (Lipinski definition) is 5. The zero-order chi connectivity index (χ0) is 12.8. The van der Waals surface area contributed by atoms with Crippen LogP contribution in [-0.2, 0) is 0 Å². The molecule has 0 radical (unpaired) electrons. The maximum Gasteiger partial charge on any atom is 0.411 e. The number of alkyl halides is 3. The monoisotopic (exact) mass is 266 g/mol. The van der Waals surface area contributed by atoms with Gasteiger partial charge >= 0.3 is 6.18 Å². The molecule has 2 rings (SSSR count). The Balaban J connectivity index is 2.29. The highest BCUT2D eigenvalue weighted by atomic mass is 32.1. The number of nitrogens with zero attached hydrogens (tertiary/aromatic N) is 1. The van der Waals surface area contributed by atoms with Crippen molar-refractivity contribution in [2.75, 3.05) is 11.1 Å². The molecule has 0 spiro atoms. The Bertz CT molecular complexity index is 466. The number of nitrogens with two attached hydrogens (primary N) is 2. The van der Waals surface area contributed by atoms with Crippen LogP contribution >= 0.6 is 11.5 Å². The average Bonchev–Trinajstić information content (AvgIpc) is 2.85. The van der Waals surface area contributed by atoms with Crippen molar-refractivity contribution in [2.24, 2.45) is 5.73 Å². The molecule has 0 saturated heterocycles. The number of anilines is 2. The minimum atomic E-state index is -4.37. The van der Waals surface area contributed by atoms with Gasteiger partial charge in [-0.2, -0.15) is 17.5 Å². The van der Waals surface area contributed by atoms with Crippen LogP contribution in [-0.4, -0.2) is 22.0 Å². The second-order valence-electron chi connectivity index (χ2n) is 3.84. The summed E-state index contributed by atoms with van der Waals surface area (Å²) in [5, 5.41) is 2.27. The third-order valence-corrected chi connectivity index (χ3v) is 3.39. The molecule has 5 N–H and O–H groups in total.